The van der Waals surface area contributed by atoms with Gasteiger partial charge in [0.05, 0.1) is 18.3 Å². The van der Waals surface area contributed by atoms with Crippen LogP contribution >= 0.6 is 0 Å². The van der Waals surface area contributed by atoms with Crippen LogP contribution in [0.2, 0.25) is 0 Å². The zero-order valence-electron chi connectivity index (χ0n) is 17.9. The number of hydrogen-bond acceptors (Lipinski definition) is 4. The molecule has 8 nitrogen and oxygen atoms in total. The predicted octanol–water partition coefficient (Wildman–Crippen LogP) is 2.13. The third-order valence-electron chi connectivity index (χ3n) is 6.38. The Morgan fingerprint density at radius 2 is 1.97 bits per heavy atom. The highest BCUT2D eigenvalue weighted by atomic mass is 16.2. The van der Waals surface area contributed by atoms with Crippen molar-refractivity contribution in [3.8, 4) is 0 Å². The van der Waals surface area contributed by atoms with Crippen LogP contribution < -0.4 is 11.1 Å². The third-order valence-corrected chi connectivity index (χ3v) is 6.38. The fraction of sp³-hybridized carbons (Fsp3) is 0.522. The molecule has 2 saturated heterocycles. The first-order valence-electron chi connectivity index (χ1n) is 11.2. The summed E-state index contributed by atoms with van der Waals surface area (Å²) in [5, 5.41) is 3.07. The molecule has 2 atom stereocenters. The second-order valence-corrected chi connectivity index (χ2v) is 8.71. The van der Waals surface area contributed by atoms with Crippen molar-refractivity contribution in [3.63, 3.8) is 0 Å². The molecule has 2 aliphatic heterocycles. The van der Waals surface area contributed by atoms with E-state index in [1.165, 1.54) is 5.56 Å². The van der Waals surface area contributed by atoms with E-state index in [4.69, 9.17) is 5.73 Å². The first-order chi connectivity index (χ1) is 15.1. The number of nitrogens with two attached hydrogens (primary N) is 1. The number of rotatable bonds is 6. The summed E-state index contributed by atoms with van der Waals surface area (Å²) in [5.74, 6) is -0.249. The maximum absolute atomic E-state index is 12.7. The van der Waals surface area contributed by atoms with Crippen molar-refractivity contribution in [1.82, 2.24) is 24.7 Å². The van der Waals surface area contributed by atoms with Gasteiger partial charge in [0.15, 0.2) is 0 Å². The van der Waals surface area contributed by atoms with Crippen LogP contribution in [0.15, 0.2) is 43.0 Å². The normalized spacial score (nSPS) is 22.3. The van der Waals surface area contributed by atoms with E-state index in [9.17, 15) is 9.59 Å². The van der Waals surface area contributed by atoms with Crippen LogP contribution in [0.25, 0.3) is 0 Å². The largest absolute Gasteiger partial charge is 0.369 e. The van der Waals surface area contributed by atoms with Gasteiger partial charge in [-0.3, -0.25) is 9.69 Å². The molecule has 31 heavy (non-hydrogen) atoms. The number of piperidine rings is 2. The van der Waals surface area contributed by atoms with Crippen molar-refractivity contribution in [1.29, 1.82) is 0 Å². The molecule has 3 N–H and O–H groups in total. The van der Waals surface area contributed by atoms with Gasteiger partial charge >= 0.3 is 6.03 Å². The van der Waals surface area contributed by atoms with E-state index < -0.39 is 0 Å². The number of carbonyl (C=O) groups excluding carboxylic acids is 2. The maximum Gasteiger partial charge on any atom is 0.317 e. The molecule has 3 heterocycles. The predicted molar refractivity (Wildman–Crippen MR) is 118 cm³/mol. The van der Waals surface area contributed by atoms with E-state index >= 15 is 0 Å². The Morgan fingerprint density at radius 1 is 1.13 bits per heavy atom. The average molecular weight is 425 g/mol. The van der Waals surface area contributed by atoms with E-state index in [2.05, 4.69) is 31.9 Å². The number of likely N-dealkylation sites (tertiary alicyclic amines) is 2. The molecule has 2 fully saturated rings. The van der Waals surface area contributed by atoms with Gasteiger partial charge in [-0.25, -0.2) is 9.78 Å². The molecule has 0 bridgehead atoms. The molecule has 0 aliphatic carbocycles. The molecule has 0 spiro atoms. The Labute approximate surface area is 183 Å². The van der Waals surface area contributed by atoms with Crippen LogP contribution in [0.3, 0.4) is 0 Å². The summed E-state index contributed by atoms with van der Waals surface area (Å²) in [6.07, 6.45) is 9.51. The van der Waals surface area contributed by atoms with E-state index in [1.54, 1.807) is 6.20 Å². The molecule has 3 amide bonds. The van der Waals surface area contributed by atoms with Crippen molar-refractivity contribution in [3.05, 3.63) is 54.1 Å². The van der Waals surface area contributed by atoms with Gasteiger partial charge in [-0.15, -0.1) is 0 Å². The monoisotopic (exact) mass is 424 g/mol. The molecule has 166 valence electrons. The number of urea groups is 1. The van der Waals surface area contributed by atoms with Gasteiger partial charge in [0, 0.05) is 45.1 Å². The summed E-state index contributed by atoms with van der Waals surface area (Å²) < 4.78 is 2.09. The Balaban J connectivity index is 1.29. The summed E-state index contributed by atoms with van der Waals surface area (Å²) in [6.45, 7) is 4.50. The molecule has 4 rings (SSSR count). The number of nitrogens with one attached hydrogen (secondary N) is 1. The quantitative estimate of drug-likeness (QED) is 0.742. The average Bonchev–Trinajstić information content (AvgIpc) is 3.33. The number of nitrogens with zero attached hydrogens (tertiary/aromatic N) is 4. The fourth-order valence-corrected chi connectivity index (χ4v) is 4.69. The summed E-state index contributed by atoms with van der Waals surface area (Å²) in [5.41, 5.74) is 7.77. The number of hydrogen-bond donors (Lipinski definition) is 2. The van der Waals surface area contributed by atoms with Crippen molar-refractivity contribution >= 4 is 11.9 Å². The summed E-state index contributed by atoms with van der Waals surface area (Å²) in [4.78, 5) is 32.6. The smallest absolute Gasteiger partial charge is 0.317 e. The first kappa shape index (κ1) is 21.4. The fourth-order valence-electron chi connectivity index (χ4n) is 4.69. The van der Waals surface area contributed by atoms with Crippen molar-refractivity contribution in [2.75, 3.05) is 26.2 Å². The van der Waals surface area contributed by atoms with Crippen LogP contribution in [0, 0.1) is 5.92 Å². The van der Waals surface area contributed by atoms with Gasteiger partial charge in [0.2, 0.25) is 5.91 Å². The second kappa shape index (κ2) is 9.96. The van der Waals surface area contributed by atoms with E-state index in [0.29, 0.717) is 19.1 Å². The zero-order valence-corrected chi connectivity index (χ0v) is 17.9. The molecule has 2 aromatic rings. The minimum Gasteiger partial charge on any atom is -0.369 e. The highest BCUT2D eigenvalue weighted by Gasteiger charge is 2.25. The van der Waals surface area contributed by atoms with Crippen LogP contribution in [-0.4, -0.2) is 57.5 Å². The SMILES string of the molecule is NC(=O)C1CCCN(Cc2cccc(CNC(=O)N3CCCC(n4ccnc4)C3)c2)C1. The lowest BCUT2D eigenvalue weighted by atomic mass is 9.97. The van der Waals surface area contributed by atoms with E-state index in [0.717, 1.165) is 57.4 Å². The van der Waals surface area contributed by atoms with Crippen LogP contribution in [0.1, 0.15) is 42.9 Å². The van der Waals surface area contributed by atoms with Crippen molar-refractivity contribution in [2.24, 2.45) is 11.7 Å². The minimum absolute atomic E-state index is 0.0180. The number of aromatic nitrogens is 2. The van der Waals surface area contributed by atoms with Gasteiger partial charge in [-0.1, -0.05) is 24.3 Å². The topological polar surface area (TPSA) is 96.5 Å². The number of amides is 3. The highest BCUT2D eigenvalue weighted by molar-refractivity contribution is 5.77. The molecular formula is C23H32N6O2. The second-order valence-electron chi connectivity index (χ2n) is 8.71. The Morgan fingerprint density at radius 3 is 2.77 bits per heavy atom. The maximum atomic E-state index is 12.7. The van der Waals surface area contributed by atoms with Crippen LogP contribution in [-0.2, 0) is 17.9 Å². The van der Waals surface area contributed by atoms with E-state index in [1.807, 2.05) is 29.6 Å². The Bertz CT molecular complexity index is 884. The van der Waals surface area contributed by atoms with Gasteiger partial charge in [0.25, 0.3) is 0 Å². The minimum atomic E-state index is -0.200. The van der Waals surface area contributed by atoms with Gasteiger partial charge in [0.1, 0.15) is 0 Å². The summed E-state index contributed by atoms with van der Waals surface area (Å²) >= 11 is 0. The van der Waals surface area contributed by atoms with Gasteiger partial charge < -0.3 is 20.5 Å². The summed E-state index contributed by atoms with van der Waals surface area (Å²) in [6, 6.07) is 8.58. The van der Waals surface area contributed by atoms with Crippen molar-refractivity contribution in [2.45, 2.75) is 44.8 Å². The summed E-state index contributed by atoms with van der Waals surface area (Å²) in [7, 11) is 0. The highest BCUT2D eigenvalue weighted by Crippen LogP contribution is 2.21. The number of imidazole rings is 1. The molecule has 0 saturated carbocycles. The molecule has 1 aromatic carbocycles. The molecule has 0 radical (unpaired) electrons. The van der Waals surface area contributed by atoms with Gasteiger partial charge in [-0.05, 0) is 43.4 Å². The van der Waals surface area contributed by atoms with Crippen molar-refractivity contribution < 1.29 is 9.59 Å². The lowest BCUT2D eigenvalue weighted by Gasteiger charge is -2.33. The Hall–Kier alpha value is -2.87. The molecule has 2 aliphatic rings. The lowest BCUT2D eigenvalue weighted by molar-refractivity contribution is -0.123. The molecule has 2 unspecified atom stereocenters. The molecule has 8 heteroatoms. The number of primary amides is 1. The zero-order chi connectivity index (χ0) is 21.6. The molecular weight excluding hydrogens is 392 g/mol. The van der Waals surface area contributed by atoms with Gasteiger partial charge in [-0.2, -0.15) is 0 Å². The molecule has 1 aromatic heterocycles. The van der Waals surface area contributed by atoms with Crippen LogP contribution in [0.4, 0.5) is 4.79 Å². The first-order valence-corrected chi connectivity index (χ1v) is 11.2. The number of benzene rings is 1. The van der Waals surface area contributed by atoms with E-state index in [-0.39, 0.29) is 17.9 Å². The Kier molecular flexibility index (Phi) is 6.86. The number of carbonyl (C=O) groups is 2. The standard InChI is InChI=1S/C23H32N6O2/c24-22(30)20-6-2-9-27(15-20)14-19-5-1-4-18(12-19)13-26-23(31)28-10-3-7-21(16-28)29-11-8-25-17-29/h1,4-5,8,11-12,17,20-21H,2-3,6-7,9-10,13-16H2,(H2,24,30)(H,26,31). The van der Waals surface area contributed by atoms with Crippen LogP contribution in [0.5, 0.6) is 0 Å². The third kappa shape index (κ3) is 5.64. The lowest BCUT2D eigenvalue weighted by Crippen LogP contribution is -2.45.